The Hall–Kier alpha value is -0.360. The van der Waals surface area contributed by atoms with Crippen molar-refractivity contribution in [2.45, 2.75) is 25.9 Å². The van der Waals surface area contributed by atoms with Gasteiger partial charge in [0, 0.05) is 19.5 Å². The minimum atomic E-state index is 0. The fourth-order valence-electron chi connectivity index (χ4n) is 1.77. The number of nitrogens with zero attached hydrogens (tertiary/aromatic N) is 3. The third-order valence-electron chi connectivity index (χ3n) is 2.62. The Morgan fingerprint density at radius 1 is 1.50 bits per heavy atom. The summed E-state index contributed by atoms with van der Waals surface area (Å²) in [5, 5.41) is 7.22. The molecule has 0 aromatic carbocycles. The molecule has 0 saturated carbocycles. The van der Waals surface area contributed by atoms with Gasteiger partial charge in [0.15, 0.2) is 5.82 Å². The first kappa shape index (κ1) is 15.6. The minimum absolute atomic E-state index is 0. The van der Waals surface area contributed by atoms with Crippen LogP contribution in [0.4, 0.5) is 0 Å². The molecule has 1 aromatic rings. The zero-order valence-corrected chi connectivity index (χ0v) is 11.1. The fourth-order valence-corrected chi connectivity index (χ4v) is 1.77. The van der Waals surface area contributed by atoms with E-state index in [4.69, 9.17) is 4.52 Å². The molecule has 1 atom stereocenters. The van der Waals surface area contributed by atoms with Crippen LogP contribution in [0.15, 0.2) is 4.52 Å². The number of aryl methyl sites for hydroxylation is 1. The molecule has 0 bridgehead atoms. The molecular formula is C9H18Cl2N4O. The van der Waals surface area contributed by atoms with Gasteiger partial charge < -0.3 is 9.84 Å². The maximum atomic E-state index is 4.92. The smallest absolute Gasteiger partial charge is 0.223 e. The molecule has 5 nitrogen and oxygen atoms in total. The number of nitrogens with one attached hydrogen (secondary N) is 1. The van der Waals surface area contributed by atoms with Crippen molar-refractivity contribution in [2.24, 2.45) is 0 Å². The molecule has 1 N–H and O–H groups in total. The van der Waals surface area contributed by atoms with Crippen LogP contribution in [-0.4, -0.2) is 41.2 Å². The molecule has 2 rings (SSSR count). The Labute approximate surface area is 108 Å². The molecule has 0 spiro atoms. The van der Waals surface area contributed by atoms with Gasteiger partial charge in [-0.2, -0.15) is 4.98 Å². The summed E-state index contributed by atoms with van der Waals surface area (Å²) in [6.07, 6.45) is 1.20. The van der Waals surface area contributed by atoms with Crippen molar-refractivity contribution in [3.05, 3.63) is 11.7 Å². The molecule has 16 heavy (non-hydrogen) atoms. The summed E-state index contributed by atoms with van der Waals surface area (Å²) in [7, 11) is 2.10. The third kappa shape index (κ3) is 3.90. The number of hydrogen-bond acceptors (Lipinski definition) is 5. The Bertz CT molecular complexity index is 301. The van der Waals surface area contributed by atoms with Crippen LogP contribution in [0.25, 0.3) is 0 Å². The van der Waals surface area contributed by atoms with E-state index in [-0.39, 0.29) is 24.8 Å². The molecule has 2 heterocycles. The summed E-state index contributed by atoms with van der Waals surface area (Å²) in [5.41, 5.74) is 0. The maximum Gasteiger partial charge on any atom is 0.223 e. The van der Waals surface area contributed by atoms with Crippen molar-refractivity contribution in [2.75, 3.05) is 20.1 Å². The van der Waals surface area contributed by atoms with E-state index in [2.05, 4.69) is 27.4 Å². The monoisotopic (exact) mass is 268 g/mol. The lowest BCUT2D eigenvalue weighted by atomic mass is 10.2. The normalized spacial score (nSPS) is 19.3. The van der Waals surface area contributed by atoms with Gasteiger partial charge in [0.2, 0.25) is 5.89 Å². The van der Waals surface area contributed by atoms with Gasteiger partial charge in [-0.1, -0.05) is 5.16 Å². The zero-order chi connectivity index (χ0) is 9.97. The number of aromatic nitrogens is 2. The van der Waals surface area contributed by atoms with Crippen LogP contribution in [0.5, 0.6) is 0 Å². The molecule has 0 amide bonds. The highest BCUT2D eigenvalue weighted by Crippen LogP contribution is 2.09. The number of likely N-dealkylation sites (N-methyl/N-ethyl adjacent to an activating group) is 1. The summed E-state index contributed by atoms with van der Waals surface area (Å²) >= 11 is 0. The Balaban J connectivity index is 0.00000112. The third-order valence-corrected chi connectivity index (χ3v) is 2.62. The van der Waals surface area contributed by atoms with Gasteiger partial charge in [0.1, 0.15) is 0 Å². The second kappa shape index (κ2) is 7.06. The van der Waals surface area contributed by atoms with Crippen LogP contribution >= 0.6 is 24.8 Å². The molecule has 1 unspecified atom stereocenters. The molecule has 1 saturated heterocycles. The SMILES string of the molecule is Cc1nc(CN(C)C2CCNC2)no1.Cl.Cl. The molecule has 1 aliphatic heterocycles. The van der Waals surface area contributed by atoms with Crippen LogP contribution in [0.2, 0.25) is 0 Å². The highest BCUT2D eigenvalue weighted by molar-refractivity contribution is 5.85. The summed E-state index contributed by atoms with van der Waals surface area (Å²) in [4.78, 5) is 6.45. The molecule has 7 heteroatoms. The lowest BCUT2D eigenvalue weighted by Crippen LogP contribution is -2.33. The van der Waals surface area contributed by atoms with Gasteiger partial charge in [-0.25, -0.2) is 0 Å². The van der Waals surface area contributed by atoms with Crippen LogP contribution in [0.3, 0.4) is 0 Å². The van der Waals surface area contributed by atoms with Crippen molar-refractivity contribution < 1.29 is 4.52 Å². The lowest BCUT2D eigenvalue weighted by molar-refractivity contribution is 0.239. The van der Waals surface area contributed by atoms with Crippen LogP contribution < -0.4 is 5.32 Å². The Morgan fingerprint density at radius 2 is 2.25 bits per heavy atom. The van der Waals surface area contributed by atoms with Crippen molar-refractivity contribution in [1.82, 2.24) is 20.4 Å². The van der Waals surface area contributed by atoms with Crippen LogP contribution in [-0.2, 0) is 6.54 Å². The highest BCUT2D eigenvalue weighted by atomic mass is 35.5. The predicted octanol–water partition coefficient (Wildman–Crippen LogP) is 1.02. The van der Waals surface area contributed by atoms with E-state index in [9.17, 15) is 0 Å². The molecule has 94 valence electrons. The Morgan fingerprint density at radius 3 is 2.75 bits per heavy atom. The zero-order valence-electron chi connectivity index (χ0n) is 9.47. The molecular weight excluding hydrogens is 251 g/mol. The van der Waals surface area contributed by atoms with Gasteiger partial charge >= 0.3 is 0 Å². The van der Waals surface area contributed by atoms with Crippen LogP contribution in [0.1, 0.15) is 18.1 Å². The molecule has 1 aromatic heterocycles. The van der Waals surface area contributed by atoms with Crippen LogP contribution in [0, 0.1) is 6.92 Å². The fraction of sp³-hybridized carbons (Fsp3) is 0.778. The van der Waals surface area contributed by atoms with Crippen molar-refractivity contribution in [3.63, 3.8) is 0 Å². The van der Waals surface area contributed by atoms with E-state index < -0.39 is 0 Å². The summed E-state index contributed by atoms with van der Waals surface area (Å²) < 4.78 is 4.92. The molecule has 1 fully saturated rings. The van der Waals surface area contributed by atoms with Gasteiger partial charge in [0.25, 0.3) is 0 Å². The molecule has 0 radical (unpaired) electrons. The summed E-state index contributed by atoms with van der Waals surface area (Å²) in [5.74, 6) is 1.41. The second-order valence-corrected chi connectivity index (χ2v) is 3.79. The van der Waals surface area contributed by atoms with E-state index in [0.717, 1.165) is 25.5 Å². The lowest BCUT2D eigenvalue weighted by Gasteiger charge is -2.21. The van der Waals surface area contributed by atoms with E-state index in [1.165, 1.54) is 6.42 Å². The average molecular weight is 269 g/mol. The van der Waals surface area contributed by atoms with Crippen molar-refractivity contribution >= 4 is 24.8 Å². The largest absolute Gasteiger partial charge is 0.340 e. The first-order valence-electron chi connectivity index (χ1n) is 4.96. The first-order chi connectivity index (χ1) is 6.75. The number of rotatable bonds is 3. The van der Waals surface area contributed by atoms with E-state index in [1.807, 2.05) is 6.92 Å². The van der Waals surface area contributed by atoms with Gasteiger partial charge in [-0.05, 0) is 20.0 Å². The van der Waals surface area contributed by atoms with E-state index in [1.54, 1.807) is 0 Å². The first-order valence-corrected chi connectivity index (χ1v) is 4.96. The maximum absolute atomic E-state index is 4.92. The quantitative estimate of drug-likeness (QED) is 0.887. The molecule has 0 aliphatic carbocycles. The summed E-state index contributed by atoms with van der Waals surface area (Å²) in [6, 6.07) is 0.605. The number of halogens is 2. The summed E-state index contributed by atoms with van der Waals surface area (Å²) in [6.45, 7) is 4.75. The van der Waals surface area contributed by atoms with E-state index in [0.29, 0.717) is 11.9 Å². The van der Waals surface area contributed by atoms with E-state index >= 15 is 0 Å². The topological polar surface area (TPSA) is 54.2 Å². The average Bonchev–Trinajstić information content (AvgIpc) is 2.75. The minimum Gasteiger partial charge on any atom is -0.340 e. The molecule has 1 aliphatic rings. The predicted molar refractivity (Wildman–Crippen MR) is 66.3 cm³/mol. The van der Waals surface area contributed by atoms with Crippen molar-refractivity contribution in [3.8, 4) is 0 Å². The number of hydrogen-bond donors (Lipinski definition) is 1. The van der Waals surface area contributed by atoms with Crippen molar-refractivity contribution in [1.29, 1.82) is 0 Å². The van der Waals surface area contributed by atoms with Gasteiger partial charge in [-0.3, -0.25) is 4.90 Å². The highest BCUT2D eigenvalue weighted by Gasteiger charge is 2.20. The standard InChI is InChI=1S/C9H16N4O.2ClH/c1-7-11-9(12-14-7)6-13(2)8-3-4-10-5-8;;/h8,10H,3-6H2,1-2H3;2*1H. The Kier molecular flexibility index (Phi) is 6.90. The van der Waals surface area contributed by atoms with Gasteiger partial charge in [0.05, 0.1) is 6.54 Å². The second-order valence-electron chi connectivity index (χ2n) is 3.79. The van der Waals surface area contributed by atoms with Gasteiger partial charge in [-0.15, -0.1) is 24.8 Å².